The smallest absolute Gasteiger partial charge is 0.126 e. The van der Waals surface area contributed by atoms with Gasteiger partial charge in [0, 0.05) is 17.3 Å². The molecule has 4 nitrogen and oxygen atoms in total. The van der Waals surface area contributed by atoms with Gasteiger partial charge in [0.2, 0.25) is 0 Å². The molecule has 2 rings (SSSR count). The van der Waals surface area contributed by atoms with E-state index in [0.717, 1.165) is 22.6 Å². The summed E-state index contributed by atoms with van der Waals surface area (Å²) >= 11 is 0. The third-order valence-corrected chi connectivity index (χ3v) is 2.41. The molecule has 0 atom stereocenters. The van der Waals surface area contributed by atoms with Crippen molar-refractivity contribution in [3.05, 3.63) is 42.7 Å². The normalized spacial score (nSPS) is 10.6. The highest BCUT2D eigenvalue weighted by atomic mass is 16.5. The van der Waals surface area contributed by atoms with E-state index in [4.69, 9.17) is 10.5 Å². The molecule has 1 aromatic heterocycles. The van der Waals surface area contributed by atoms with Crippen LogP contribution in [0.5, 0.6) is 5.75 Å². The monoisotopic (exact) mass is 227 g/mol. The highest BCUT2D eigenvalue weighted by molar-refractivity contribution is 5.81. The van der Waals surface area contributed by atoms with Crippen molar-refractivity contribution in [2.24, 2.45) is 10.7 Å². The number of ether oxygens (including phenoxy) is 1. The number of aliphatic imine (C=N–C) groups is 1. The van der Waals surface area contributed by atoms with Gasteiger partial charge >= 0.3 is 0 Å². The number of rotatable bonds is 3. The number of aromatic nitrogens is 1. The Bertz CT molecular complexity index is 538. The zero-order valence-electron chi connectivity index (χ0n) is 9.50. The summed E-state index contributed by atoms with van der Waals surface area (Å²) in [6.07, 6.45) is 4.65. The Morgan fingerprint density at radius 1 is 1.24 bits per heavy atom. The first-order valence-corrected chi connectivity index (χ1v) is 5.18. The molecule has 2 N–H and O–H groups in total. The van der Waals surface area contributed by atoms with E-state index in [1.807, 2.05) is 30.3 Å². The van der Waals surface area contributed by atoms with Gasteiger partial charge in [0.15, 0.2) is 0 Å². The molecule has 0 amide bonds. The first kappa shape index (κ1) is 11.1. The largest absolute Gasteiger partial charge is 0.496 e. The minimum Gasteiger partial charge on any atom is -0.496 e. The molecule has 1 heterocycles. The Balaban J connectivity index is 2.60. The first-order valence-electron chi connectivity index (χ1n) is 5.18. The van der Waals surface area contributed by atoms with Crippen LogP contribution in [-0.2, 0) is 0 Å². The minimum absolute atomic E-state index is 0.722. The summed E-state index contributed by atoms with van der Waals surface area (Å²) in [5.74, 6) is 0.798. The van der Waals surface area contributed by atoms with Crippen LogP contribution >= 0.6 is 0 Å². The van der Waals surface area contributed by atoms with Gasteiger partial charge in [0.1, 0.15) is 5.75 Å². The van der Waals surface area contributed by atoms with Gasteiger partial charge in [-0.15, -0.1) is 0 Å². The lowest BCUT2D eigenvalue weighted by Gasteiger charge is -2.09. The highest BCUT2D eigenvalue weighted by Gasteiger charge is 2.08. The molecule has 1 aromatic carbocycles. The lowest BCUT2D eigenvalue weighted by Crippen LogP contribution is -1.90. The van der Waals surface area contributed by atoms with Crippen molar-refractivity contribution in [3.63, 3.8) is 0 Å². The van der Waals surface area contributed by atoms with E-state index in [9.17, 15) is 0 Å². The molecule has 4 heteroatoms. The summed E-state index contributed by atoms with van der Waals surface area (Å²) in [5.41, 5.74) is 7.96. The second-order valence-electron chi connectivity index (χ2n) is 3.37. The fraction of sp³-hybridized carbons (Fsp3) is 0.0769. The van der Waals surface area contributed by atoms with Crippen LogP contribution in [0.4, 0.5) is 5.69 Å². The van der Waals surface area contributed by atoms with Crippen LogP contribution in [0.2, 0.25) is 0 Å². The SMILES string of the molecule is COc1ccccc1-c1ccncc1N=CN. The summed E-state index contributed by atoms with van der Waals surface area (Å²) in [5, 5.41) is 0. The number of para-hydroxylation sites is 1. The number of hydrogen-bond donors (Lipinski definition) is 1. The maximum atomic E-state index is 5.33. The van der Waals surface area contributed by atoms with Crippen LogP contribution in [0.25, 0.3) is 11.1 Å². The summed E-state index contributed by atoms with van der Waals surface area (Å²) < 4.78 is 5.33. The molecule has 0 aliphatic carbocycles. The Morgan fingerprint density at radius 2 is 2.06 bits per heavy atom. The number of methoxy groups -OCH3 is 1. The van der Waals surface area contributed by atoms with Gasteiger partial charge in [0.25, 0.3) is 0 Å². The third-order valence-electron chi connectivity index (χ3n) is 2.41. The van der Waals surface area contributed by atoms with Gasteiger partial charge < -0.3 is 10.5 Å². The van der Waals surface area contributed by atoms with E-state index in [1.54, 1.807) is 19.5 Å². The van der Waals surface area contributed by atoms with Gasteiger partial charge in [-0.3, -0.25) is 4.98 Å². The molecule has 0 unspecified atom stereocenters. The highest BCUT2D eigenvalue weighted by Crippen LogP contribution is 2.35. The average molecular weight is 227 g/mol. The number of hydrogen-bond acceptors (Lipinski definition) is 3. The molecule has 0 aliphatic rings. The molecule has 0 bridgehead atoms. The van der Waals surface area contributed by atoms with Gasteiger partial charge in [0.05, 0.1) is 25.3 Å². The van der Waals surface area contributed by atoms with E-state index in [0.29, 0.717) is 0 Å². The minimum atomic E-state index is 0.722. The van der Waals surface area contributed by atoms with Gasteiger partial charge in [-0.25, -0.2) is 4.99 Å². The number of nitrogens with two attached hydrogens (primary N) is 1. The molecule has 0 saturated carbocycles. The van der Waals surface area contributed by atoms with E-state index < -0.39 is 0 Å². The molecule has 17 heavy (non-hydrogen) atoms. The molecule has 86 valence electrons. The van der Waals surface area contributed by atoms with Gasteiger partial charge in [-0.1, -0.05) is 18.2 Å². The zero-order valence-corrected chi connectivity index (χ0v) is 9.50. The number of nitrogens with zero attached hydrogens (tertiary/aromatic N) is 2. The maximum absolute atomic E-state index is 5.33. The maximum Gasteiger partial charge on any atom is 0.126 e. The Hall–Kier alpha value is -2.36. The van der Waals surface area contributed by atoms with E-state index in [1.165, 1.54) is 6.34 Å². The quantitative estimate of drug-likeness (QED) is 0.646. The molecule has 0 radical (unpaired) electrons. The van der Waals surface area contributed by atoms with Crippen molar-refractivity contribution in [2.75, 3.05) is 7.11 Å². The van der Waals surface area contributed by atoms with Crippen LogP contribution in [0.15, 0.2) is 47.7 Å². The molecule has 0 saturated heterocycles. The lowest BCUT2D eigenvalue weighted by atomic mass is 10.0. The fourth-order valence-electron chi connectivity index (χ4n) is 1.66. The number of pyridine rings is 1. The fourth-order valence-corrected chi connectivity index (χ4v) is 1.66. The zero-order chi connectivity index (χ0) is 12.1. The topological polar surface area (TPSA) is 60.5 Å². The second-order valence-corrected chi connectivity index (χ2v) is 3.37. The van der Waals surface area contributed by atoms with Crippen molar-refractivity contribution >= 4 is 12.0 Å². The van der Waals surface area contributed by atoms with Crippen LogP contribution in [0, 0.1) is 0 Å². The molecular weight excluding hydrogens is 214 g/mol. The second kappa shape index (κ2) is 5.12. The molecule has 0 spiro atoms. The number of benzene rings is 1. The Kier molecular flexibility index (Phi) is 3.35. The van der Waals surface area contributed by atoms with Crippen LogP contribution in [-0.4, -0.2) is 18.4 Å². The summed E-state index contributed by atoms with van der Waals surface area (Å²) in [6.45, 7) is 0. The molecule has 2 aromatic rings. The summed E-state index contributed by atoms with van der Waals surface area (Å²) in [6, 6.07) is 9.65. The molecule has 0 aliphatic heterocycles. The first-order chi connectivity index (χ1) is 8.36. The van der Waals surface area contributed by atoms with Crippen LogP contribution in [0.1, 0.15) is 0 Å². The van der Waals surface area contributed by atoms with E-state index >= 15 is 0 Å². The summed E-state index contributed by atoms with van der Waals surface area (Å²) in [7, 11) is 1.64. The lowest BCUT2D eigenvalue weighted by molar-refractivity contribution is 0.416. The van der Waals surface area contributed by atoms with Crippen molar-refractivity contribution in [3.8, 4) is 16.9 Å². The Morgan fingerprint density at radius 3 is 2.82 bits per heavy atom. The van der Waals surface area contributed by atoms with E-state index in [-0.39, 0.29) is 0 Å². The molecular formula is C13H13N3O. The van der Waals surface area contributed by atoms with Crippen molar-refractivity contribution in [1.29, 1.82) is 0 Å². The van der Waals surface area contributed by atoms with Gasteiger partial charge in [-0.05, 0) is 12.1 Å². The predicted molar refractivity (Wildman–Crippen MR) is 68.6 cm³/mol. The van der Waals surface area contributed by atoms with Crippen LogP contribution in [0.3, 0.4) is 0 Å². The standard InChI is InChI=1S/C13H13N3O/c1-17-13-5-3-2-4-11(13)10-6-7-15-8-12(10)16-9-14/h2-9H,1H3,(H2,14,16). The van der Waals surface area contributed by atoms with Crippen molar-refractivity contribution in [1.82, 2.24) is 4.98 Å². The third kappa shape index (κ3) is 2.25. The molecule has 0 fully saturated rings. The van der Waals surface area contributed by atoms with Crippen LogP contribution < -0.4 is 10.5 Å². The van der Waals surface area contributed by atoms with E-state index in [2.05, 4.69) is 9.98 Å². The predicted octanol–water partition coefficient (Wildman–Crippen LogP) is 2.38. The average Bonchev–Trinajstić information content (AvgIpc) is 2.40. The van der Waals surface area contributed by atoms with Crippen molar-refractivity contribution < 1.29 is 4.74 Å². The summed E-state index contributed by atoms with van der Waals surface area (Å²) in [4.78, 5) is 8.13. The van der Waals surface area contributed by atoms with Crippen molar-refractivity contribution in [2.45, 2.75) is 0 Å². The van der Waals surface area contributed by atoms with Gasteiger partial charge in [-0.2, -0.15) is 0 Å². The Labute approximate surface area is 99.8 Å².